The zero-order chi connectivity index (χ0) is 10.7. The molecule has 0 bridgehead atoms. The zero-order valence-electron chi connectivity index (χ0n) is 9.21. The van der Waals surface area contributed by atoms with Gasteiger partial charge in [-0.1, -0.05) is 35.2 Å². The first kappa shape index (κ1) is 11.6. The number of hydrogen-bond acceptors (Lipinski definition) is 2. The molecular weight excluding hydrogens is 270 g/mol. The molecule has 0 amide bonds. The lowest BCUT2D eigenvalue weighted by atomic mass is 9.97. The van der Waals surface area contributed by atoms with Crippen LogP contribution in [0.25, 0.3) is 0 Å². The zero-order valence-corrected chi connectivity index (χ0v) is 11.6. The van der Waals surface area contributed by atoms with Gasteiger partial charge in [-0.15, -0.1) is 11.3 Å². The predicted octanol–water partition coefficient (Wildman–Crippen LogP) is 4.34. The molecule has 1 heterocycles. The largest absolute Gasteiger partial charge is 0.247 e. The molecule has 1 aliphatic carbocycles. The molecule has 0 aromatic carbocycles. The second kappa shape index (κ2) is 5.44. The van der Waals surface area contributed by atoms with Crippen molar-refractivity contribution in [3.05, 3.63) is 16.1 Å². The van der Waals surface area contributed by atoms with E-state index in [-0.39, 0.29) is 0 Å². The molecule has 0 saturated heterocycles. The second-order valence-corrected chi connectivity index (χ2v) is 6.81. The topological polar surface area (TPSA) is 12.9 Å². The highest BCUT2D eigenvalue weighted by Gasteiger charge is 2.19. The van der Waals surface area contributed by atoms with Crippen molar-refractivity contribution in [3.8, 4) is 0 Å². The van der Waals surface area contributed by atoms with Gasteiger partial charge in [0, 0.05) is 22.3 Å². The molecule has 1 saturated carbocycles. The standard InChI is InChI=1S/C12H18BrNS/c1-9-8-15-12(14-9)7-10-4-2-3-5-11(13)6-10/h8,10-11H,2-7H2,1H3. The van der Waals surface area contributed by atoms with Gasteiger partial charge in [0.2, 0.25) is 0 Å². The lowest BCUT2D eigenvalue weighted by Crippen LogP contribution is -2.08. The Labute approximate surface area is 104 Å². The van der Waals surface area contributed by atoms with E-state index >= 15 is 0 Å². The van der Waals surface area contributed by atoms with E-state index in [1.54, 1.807) is 0 Å². The number of alkyl halides is 1. The van der Waals surface area contributed by atoms with Crippen molar-refractivity contribution in [1.82, 2.24) is 4.98 Å². The molecule has 1 nitrogen and oxygen atoms in total. The molecular formula is C12H18BrNS. The minimum absolute atomic E-state index is 0.742. The molecule has 0 N–H and O–H groups in total. The molecule has 2 unspecified atom stereocenters. The minimum atomic E-state index is 0.742. The summed E-state index contributed by atoms with van der Waals surface area (Å²) in [4.78, 5) is 5.31. The third-order valence-corrected chi connectivity index (χ3v) is 4.92. The Kier molecular flexibility index (Phi) is 4.21. The monoisotopic (exact) mass is 287 g/mol. The normalized spacial score (nSPS) is 27.6. The first-order valence-electron chi connectivity index (χ1n) is 5.79. The van der Waals surface area contributed by atoms with E-state index < -0.39 is 0 Å². The van der Waals surface area contributed by atoms with E-state index in [9.17, 15) is 0 Å². The fourth-order valence-corrected chi connectivity index (χ4v) is 4.07. The first-order chi connectivity index (χ1) is 7.24. The van der Waals surface area contributed by atoms with Crippen molar-refractivity contribution in [1.29, 1.82) is 0 Å². The Bertz CT molecular complexity index is 310. The highest BCUT2D eigenvalue weighted by Crippen LogP contribution is 2.30. The van der Waals surface area contributed by atoms with E-state index in [1.165, 1.54) is 49.2 Å². The van der Waals surface area contributed by atoms with Gasteiger partial charge in [0.15, 0.2) is 0 Å². The highest BCUT2D eigenvalue weighted by atomic mass is 79.9. The first-order valence-corrected chi connectivity index (χ1v) is 7.58. The number of aryl methyl sites for hydroxylation is 1. The minimum Gasteiger partial charge on any atom is -0.247 e. The van der Waals surface area contributed by atoms with Gasteiger partial charge < -0.3 is 0 Å². The molecule has 84 valence electrons. The second-order valence-electron chi connectivity index (χ2n) is 4.57. The summed E-state index contributed by atoms with van der Waals surface area (Å²) in [5.74, 6) is 0.849. The SMILES string of the molecule is Cc1csc(CC2CCCCC(Br)C2)n1. The predicted molar refractivity (Wildman–Crippen MR) is 69.8 cm³/mol. The molecule has 1 aromatic rings. The Morgan fingerprint density at radius 2 is 2.27 bits per heavy atom. The van der Waals surface area contributed by atoms with Gasteiger partial charge in [-0.05, 0) is 25.7 Å². The van der Waals surface area contributed by atoms with Crippen LogP contribution in [0.15, 0.2) is 5.38 Å². The summed E-state index contributed by atoms with van der Waals surface area (Å²) in [7, 11) is 0. The van der Waals surface area contributed by atoms with Crippen molar-refractivity contribution in [2.75, 3.05) is 0 Å². The average molecular weight is 288 g/mol. The van der Waals surface area contributed by atoms with Crippen molar-refractivity contribution in [2.24, 2.45) is 5.92 Å². The molecule has 1 aromatic heterocycles. The van der Waals surface area contributed by atoms with Gasteiger partial charge >= 0.3 is 0 Å². The Morgan fingerprint density at radius 3 is 3.00 bits per heavy atom. The van der Waals surface area contributed by atoms with Crippen LogP contribution in [0, 0.1) is 12.8 Å². The summed E-state index contributed by atoms with van der Waals surface area (Å²) in [5, 5.41) is 3.50. The maximum atomic E-state index is 4.56. The molecule has 1 aliphatic rings. The Hall–Kier alpha value is 0.110. The maximum absolute atomic E-state index is 4.56. The van der Waals surface area contributed by atoms with Crippen LogP contribution in [0.1, 0.15) is 42.8 Å². The van der Waals surface area contributed by atoms with Gasteiger partial charge in [-0.3, -0.25) is 0 Å². The molecule has 2 atom stereocenters. The van der Waals surface area contributed by atoms with Gasteiger partial charge in [-0.25, -0.2) is 4.98 Å². The van der Waals surface area contributed by atoms with E-state index in [0.717, 1.165) is 10.7 Å². The maximum Gasteiger partial charge on any atom is 0.0930 e. The molecule has 1 fully saturated rings. The van der Waals surface area contributed by atoms with Crippen LogP contribution in [0.2, 0.25) is 0 Å². The molecule has 15 heavy (non-hydrogen) atoms. The van der Waals surface area contributed by atoms with Crippen LogP contribution in [0.3, 0.4) is 0 Å². The Balaban J connectivity index is 1.92. The molecule has 0 radical (unpaired) electrons. The number of nitrogens with zero attached hydrogens (tertiary/aromatic N) is 1. The molecule has 0 spiro atoms. The quantitative estimate of drug-likeness (QED) is 0.583. The van der Waals surface area contributed by atoms with Crippen LogP contribution in [0.5, 0.6) is 0 Å². The summed E-state index contributed by atoms with van der Waals surface area (Å²) in [6.45, 7) is 2.08. The number of aromatic nitrogens is 1. The lowest BCUT2D eigenvalue weighted by Gasteiger charge is -2.14. The van der Waals surface area contributed by atoms with E-state index in [4.69, 9.17) is 0 Å². The van der Waals surface area contributed by atoms with Crippen molar-refractivity contribution >= 4 is 27.3 Å². The number of halogens is 1. The summed E-state index contributed by atoms with van der Waals surface area (Å²) < 4.78 is 0. The van der Waals surface area contributed by atoms with Crippen LogP contribution in [0.4, 0.5) is 0 Å². The number of hydrogen-bond donors (Lipinski definition) is 0. The van der Waals surface area contributed by atoms with Crippen LogP contribution in [-0.4, -0.2) is 9.81 Å². The van der Waals surface area contributed by atoms with Gasteiger partial charge in [-0.2, -0.15) is 0 Å². The van der Waals surface area contributed by atoms with E-state index in [1.807, 2.05) is 11.3 Å². The molecule has 3 heteroatoms. The highest BCUT2D eigenvalue weighted by molar-refractivity contribution is 9.09. The lowest BCUT2D eigenvalue weighted by molar-refractivity contribution is 0.462. The van der Waals surface area contributed by atoms with E-state index in [0.29, 0.717) is 0 Å². The van der Waals surface area contributed by atoms with Gasteiger partial charge in [0.05, 0.1) is 5.01 Å². The van der Waals surface area contributed by atoms with Crippen molar-refractivity contribution < 1.29 is 0 Å². The summed E-state index contributed by atoms with van der Waals surface area (Å²) in [5.41, 5.74) is 1.18. The third-order valence-electron chi connectivity index (χ3n) is 3.10. The molecule has 0 aliphatic heterocycles. The summed E-state index contributed by atoms with van der Waals surface area (Å²) in [6.07, 6.45) is 8.06. The van der Waals surface area contributed by atoms with Crippen LogP contribution >= 0.6 is 27.3 Å². The number of rotatable bonds is 2. The summed E-state index contributed by atoms with van der Waals surface area (Å²) in [6, 6.07) is 0. The van der Waals surface area contributed by atoms with Gasteiger partial charge in [0.1, 0.15) is 0 Å². The smallest absolute Gasteiger partial charge is 0.0930 e. The Morgan fingerprint density at radius 1 is 1.47 bits per heavy atom. The third kappa shape index (κ3) is 3.56. The van der Waals surface area contributed by atoms with Gasteiger partial charge in [0.25, 0.3) is 0 Å². The van der Waals surface area contributed by atoms with Crippen LogP contribution in [-0.2, 0) is 6.42 Å². The van der Waals surface area contributed by atoms with Crippen LogP contribution < -0.4 is 0 Å². The molecule has 2 rings (SSSR count). The van der Waals surface area contributed by atoms with Crippen molar-refractivity contribution in [2.45, 2.75) is 50.3 Å². The number of thiazole rings is 1. The summed E-state index contributed by atoms with van der Waals surface area (Å²) >= 11 is 5.61. The fraction of sp³-hybridized carbons (Fsp3) is 0.750. The van der Waals surface area contributed by atoms with Crippen molar-refractivity contribution in [3.63, 3.8) is 0 Å². The van der Waals surface area contributed by atoms with E-state index in [2.05, 4.69) is 33.2 Å². The fourth-order valence-electron chi connectivity index (χ4n) is 2.33. The average Bonchev–Trinajstić information content (AvgIpc) is 2.46.